The van der Waals surface area contributed by atoms with Crippen LogP contribution in [0.4, 0.5) is 0 Å². The van der Waals surface area contributed by atoms with E-state index in [4.69, 9.17) is 5.11 Å². The number of amides is 1. The highest BCUT2D eigenvalue weighted by Crippen LogP contribution is 2.12. The molecule has 1 aromatic rings. The molecule has 2 atom stereocenters. The number of thiophene rings is 1. The van der Waals surface area contributed by atoms with Crippen molar-refractivity contribution in [3.05, 3.63) is 22.4 Å². The standard InChI is InChI=1S/C14H21NO3S/c1-3-10(2)13(14(17)18)15-12(16)8-4-6-11-7-5-9-19-11/h5,7,9-10,13H,3-4,6,8H2,1-2H3,(H,15,16)(H,17,18)/t10-,13-/m0/s1. The average Bonchev–Trinajstić information content (AvgIpc) is 2.87. The zero-order chi connectivity index (χ0) is 14.3. The normalized spacial score (nSPS) is 13.8. The zero-order valence-electron chi connectivity index (χ0n) is 11.4. The smallest absolute Gasteiger partial charge is 0.326 e. The van der Waals surface area contributed by atoms with Crippen molar-refractivity contribution in [3.63, 3.8) is 0 Å². The summed E-state index contributed by atoms with van der Waals surface area (Å²) in [6, 6.07) is 3.25. The van der Waals surface area contributed by atoms with Crippen LogP contribution in [0.15, 0.2) is 17.5 Å². The molecule has 0 fully saturated rings. The van der Waals surface area contributed by atoms with Gasteiger partial charge in [0.2, 0.25) is 5.91 Å². The maximum Gasteiger partial charge on any atom is 0.326 e. The Bertz CT molecular complexity index is 403. The van der Waals surface area contributed by atoms with Crippen LogP contribution in [0, 0.1) is 5.92 Å². The van der Waals surface area contributed by atoms with Crippen LogP contribution in [0.5, 0.6) is 0 Å². The lowest BCUT2D eigenvalue weighted by atomic mass is 9.99. The van der Waals surface area contributed by atoms with E-state index in [1.807, 2.05) is 31.4 Å². The third-order valence-electron chi connectivity index (χ3n) is 3.20. The molecule has 19 heavy (non-hydrogen) atoms. The molecular weight excluding hydrogens is 262 g/mol. The molecule has 0 bridgehead atoms. The Morgan fingerprint density at radius 1 is 1.47 bits per heavy atom. The minimum Gasteiger partial charge on any atom is -0.480 e. The number of carbonyl (C=O) groups is 2. The fraction of sp³-hybridized carbons (Fsp3) is 0.571. The van der Waals surface area contributed by atoms with Gasteiger partial charge in [-0.2, -0.15) is 0 Å². The largest absolute Gasteiger partial charge is 0.480 e. The Morgan fingerprint density at radius 3 is 2.74 bits per heavy atom. The minimum absolute atomic E-state index is 0.0567. The van der Waals surface area contributed by atoms with Gasteiger partial charge < -0.3 is 10.4 Å². The summed E-state index contributed by atoms with van der Waals surface area (Å²) in [6.07, 6.45) is 2.72. The molecule has 1 rings (SSSR count). The van der Waals surface area contributed by atoms with E-state index in [9.17, 15) is 9.59 Å². The number of carboxylic acids is 1. The van der Waals surface area contributed by atoms with Gasteiger partial charge in [-0.05, 0) is 30.2 Å². The second-order valence-corrected chi connectivity index (χ2v) is 5.73. The zero-order valence-corrected chi connectivity index (χ0v) is 12.2. The molecule has 5 heteroatoms. The van der Waals surface area contributed by atoms with Gasteiger partial charge in [-0.25, -0.2) is 4.79 Å². The van der Waals surface area contributed by atoms with Crippen molar-refractivity contribution < 1.29 is 14.7 Å². The first-order valence-corrected chi connectivity index (χ1v) is 7.47. The monoisotopic (exact) mass is 283 g/mol. The van der Waals surface area contributed by atoms with Crippen LogP contribution in [-0.2, 0) is 16.0 Å². The third-order valence-corrected chi connectivity index (χ3v) is 4.14. The molecule has 0 aromatic carbocycles. The molecule has 0 saturated carbocycles. The van der Waals surface area contributed by atoms with E-state index in [2.05, 4.69) is 5.32 Å². The first-order chi connectivity index (χ1) is 9.04. The van der Waals surface area contributed by atoms with E-state index < -0.39 is 12.0 Å². The van der Waals surface area contributed by atoms with Gasteiger partial charge >= 0.3 is 5.97 Å². The van der Waals surface area contributed by atoms with Gasteiger partial charge in [0.05, 0.1) is 0 Å². The molecule has 0 aliphatic carbocycles. The molecule has 1 amide bonds. The maximum absolute atomic E-state index is 11.7. The van der Waals surface area contributed by atoms with Crippen LogP contribution in [-0.4, -0.2) is 23.0 Å². The molecule has 1 heterocycles. The van der Waals surface area contributed by atoms with E-state index in [1.54, 1.807) is 11.3 Å². The molecule has 1 aromatic heterocycles. The lowest BCUT2D eigenvalue weighted by Crippen LogP contribution is -2.44. The van der Waals surface area contributed by atoms with Crippen LogP contribution in [0.3, 0.4) is 0 Å². The number of nitrogens with one attached hydrogen (secondary N) is 1. The van der Waals surface area contributed by atoms with E-state index in [0.717, 1.165) is 19.3 Å². The highest BCUT2D eigenvalue weighted by atomic mass is 32.1. The van der Waals surface area contributed by atoms with Crippen LogP contribution in [0.2, 0.25) is 0 Å². The average molecular weight is 283 g/mol. The summed E-state index contributed by atoms with van der Waals surface area (Å²) in [5, 5.41) is 13.7. The molecule has 106 valence electrons. The summed E-state index contributed by atoms with van der Waals surface area (Å²) in [5.41, 5.74) is 0. The van der Waals surface area contributed by atoms with E-state index >= 15 is 0 Å². The van der Waals surface area contributed by atoms with Gasteiger partial charge in [0, 0.05) is 11.3 Å². The Balaban J connectivity index is 2.34. The SMILES string of the molecule is CC[C@H](C)[C@H](NC(=O)CCCc1cccs1)C(=O)O. The van der Waals surface area contributed by atoms with E-state index in [-0.39, 0.29) is 11.8 Å². The van der Waals surface area contributed by atoms with Crippen molar-refractivity contribution in [2.24, 2.45) is 5.92 Å². The van der Waals surface area contributed by atoms with Crippen LogP contribution >= 0.6 is 11.3 Å². The van der Waals surface area contributed by atoms with E-state index in [1.165, 1.54) is 4.88 Å². The Labute approximate surface area is 117 Å². The quantitative estimate of drug-likeness (QED) is 0.771. The first kappa shape index (κ1) is 15.7. The summed E-state index contributed by atoms with van der Waals surface area (Å²) in [4.78, 5) is 24.1. The lowest BCUT2D eigenvalue weighted by molar-refractivity contribution is -0.143. The summed E-state index contributed by atoms with van der Waals surface area (Å²) >= 11 is 1.68. The van der Waals surface area contributed by atoms with Gasteiger partial charge in [-0.1, -0.05) is 26.3 Å². The number of hydrogen-bond acceptors (Lipinski definition) is 3. The number of aliphatic carboxylic acids is 1. The van der Waals surface area contributed by atoms with Crippen LogP contribution in [0.25, 0.3) is 0 Å². The summed E-state index contributed by atoms with van der Waals surface area (Å²) < 4.78 is 0. The summed E-state index contributed by atoms with van der Waals surface area (Å²) in [7, 11) is 0. The number of carboxylic acid groups (broad SMARTS) is 1. The molecule has 0 unspecified atom stereocenters. The van der Waals surface area contributed by atoms with Crippen molar-refractivity contribution in [3.8, 4) is 0 Å². The van der Waals surface area contributed by atoms with Crippen molar-refractivity contribution in [1.29, 1.82) is 0 Å². The van der Waals surface area contributed by atoms with Gasteiger partial charge in [0.25, 0.3) is 0 Å². The highest BCUT2D eigenvalue weighted by molar-refractivity contribution is 7.09. The van der Waals surface area contributed by atoms with Crippen molar-refractivity contribution in [2.45, 2.75) is 45.6 Å². The fourth-order valence-electron chi connectivity index (χ4n) is 1.81. The maximum atomic E-state index is 11.7. The van der Waals surface area contributed by atoms with Crippen LogP contribution < -0.4 is 5.32 Å². The topological polar surface area (TPSA) is 66.4 Å². The molecule has 0 radical (unpaired) electrons. The minimum atomic E-state index is -0.957. The first-order valence-electron chi connectivity index (χ1n) is 6.59. The highest BCUT2D eigenvalue weighted by Gasteiger charge is 2.24. The number of aryl methyl sites for hydroxylation is 1. The molecule has 2 N–H and O–H groups in total. The second-order valence-electron chi connectivity index (χ2n) is 4.70. The summed E-state index contributed by atoms with van der Waals surface area (Å²) in [6.45, 7) is 3.76. The molecular formula is C14H21NO3S. The van der Waals surface area contributed by atoms with E-state index in [0.29, 0.717) is 6.42 Å². The lowest BCUT2D eigenvalue weighted by Gasteiger charge is -2.20. The number of hydrogen-bond donors (Lipinski definition) is 2. The molecule has 0 aliphatic rings. The molecule has 4 nitrogen and oxygen atoms in total. The van der Waals surface area contributed by atoms with Crippen LogP contribution in [0.1, 0.15) is 38.0 Å². The predicted molar refractivity (Wildman–Crippen MR) is 76.3 cm³/mol. The molecule has 0 spiro atoms. The van der Waals surface area contributed by atoms with Crippen molar-refractivity contribution in [1.82, 2.24) is 5.32 Å². The Hall–Kier alpha value is -1.36. The second kappa shape index (κ2) is 7.94. The summed E-state index contributed by atoms with van der Waals surface area (Å²) in [5.74, 6) is -1.19. The Kier molecular flexibility index (Phi) is 6.56. The Morgan fingerprint density at radius 2 is 2.21 bits per heavy atom. The fourth-order valence-corrected chi connectivity index (χ4v) is 2.56. The predicted octanol–water partition coefficient (Wildman–Crippen LogP) is 2.69. The van der Waals surface area contributed by atoms with Gasteiger partial charge in [-0.3, -0.25) is 4.79 Å². The molecule has 0 saturated heterocycles. The van der Waals surface area contributed by atoms with Crippen molar-refractivity contribution >= 4 is 23.2 Å². The number of rotatable bonds is 8. The van der Waals surface area contributed by atoms with Crippen molar-refractivity contribution in [2.75, 3.05) is 0 Å². The van der Waals surface area contributed by atoms with Gasteiger partial charge in [0.15, 0.2) is 0 Å². The molecule has 0 aliphatic heterocycles. The van der Waals surface area contributed by atoms with Gasteiger partial charge in [0.1, 0.15) is 6.04 Å². The third kappa shape index (κ3) is 5.42. The number of carbonyl (C=O) groups excluding carboxylic acids is 1. The van der Waals surface area contributed by atoms with Gasteiger partial charge in [-0.15, -0.1) is 11.3 Å².